The molecule has 2 heteroatoms. The minimum Gasteiger partial charge on any atom is -0.317 e. The van der Waals surface area contributed by atoms with Crippen LogP contribution in [-0.4, -0.2) is 36.1 Å². The third kappa shape index (κ3) is 2.28. The molecular weight excluding hydrogens is 196 g/mol. The Bertz CT molecular complexity index is 213. The highest BCUT2D eigenvalue weighted by atomic mass is 15.2. The quantitative estimate of drug-likeness (QED) is 0.793. The SMILES string of the molecule is CC(C)N(C(C)C)C1CC2(CCNCC2)C1. The molecule has 1 aliphatic heterocycles. The van der Waals surface area contributed by atoms with Crippen LogP contribution in [0.5, 0.6) is 0 Å². The molecule has 0 radical (unpaired) electrons. The Balaban J connectivity index is 1.90. The summed E-state index contributed by atoms with van der Waals surface area (Å²) in [6.07, 6.45) is 5.72. The zero-order valence-electron chi connectivity index (χ0n) is 11.4. The van der Waals surface area contributed by atoms with E-state index in [0.29, 0.717) is 12.1 Å². The Morgan fingerprint density at radius 1 is 1.00 bits per heavy atom. The van der Waals surface area contributed by atoms with Gasteiger partial charge in [0, 0.05) is 18.1 Å². The van der Waals surface area contributed by atoms with E-state index >= 15 is 0 Å². The first-order valence-corrected chi connectivity index (χ1v) is 7.02. The number of rotatable bonds is 3. The maximum absolute atomic E-state index is 3.48. The second kappa shape index (κ2) is 4.66. The third-order valence-corrected chi connectivity index (χ3v) is 4.62. The molecule has 0 aromatic heterocycles. The van der Waals surface area contributed by atoms with Gasteiger partial charge in [-0.1, -0.05) is 0 Å². The van der Waals surface area contributed by atoms with E-state index in [2.05, 4.69) is 37.9 Å². The molecule has 1 saturated carbocycles. The smallest absolute Gasteiger partial charge is 0.0111 e. The Labute approximate surface area is 101 Å². The van der Waals surface area contributed by atoms with Gasteiger partial charge in [-0.15, -0.1) is 0 Å². The number of nitrogens with one attached hydrogen (secondary N) is 1. The van der Waals surface area contributed by atoms with Crippen LogP contribution in [0.2, 0.25) is 0 Å². The summed E-state index contributed by atoms with van der Waals surface area (Å²) in [6, 6.07) is 2.26. The molecule has 16 heavy (non-hydrogen) atoms. The maximum Gasteiger partial charge on any atom is 0.0111 e. The van der Waals surface area contributed by atoms with Crippen LogP contribution < -0.4 is 5.32 Å². The highest BCUT2D eigenvalue weighted by Gasteiger charge is 2.47. The van der Waals surface area contributed by atoms with Crippen molar-refractivity contribution in [2.45, 2.75) is 71.5 Å². The molecule has 1 spiro atoms. The van der Waals surface area contributed by atoms with Crippen LogP contribution in [0.25, 0.3) is 0 Å². The van der Waals surface area contributed by atoms with Crippen molar-refractivity contribution in [2.75, 3.05) is 13.1 Å². The van der Waals surface area contributed by atoms with Crippen molar-refractivity contribution in [3.05, 3.63) is 0 Å². The van der Waals surface area contributed by atoms with Crippen molar-refractivity contribution in [1.82, 2.24) is 10.2 Å². The van der Waals surface area contributed by atoms with Crippen molar-refractivity contribution < 1.29 is 0 Å². The lowest BCUT2D eigenvalue weighted by molar-refractivity contribution is -0.0467. The lowest BCUT2D eigenvalue weighted by Gasteiger charge is -2.56. The van der Waals surface area contributed by atoms with Crippen LogP contribution >= 0.6 is 0 Å². The van der Waals surface area contributed by atoms with Crippen molar-refractivity contribution in [3.63, 3.8) is 0 Å². The molecule has 1 aliphatic carbocycles. The zero-order chi connectivity index (χ0) is 11.8. The van der Waals surface area contributed by atoms with Crippen LogP contribution in [-0.2, 0) is 0 Å². The van der Waals surface area contributed by atoms with Gasteiger partial charge < -0.3 is 5.32 Å². The molecule has 1 saturated heterocycles. The van der Waals surface area contributed by atoms with Gasteiger partial charge in [0.1, 0.15) is 0 Å². The Hall–Kier alpha value is -0.0800. The first-order valence-electron chi connectivity index (χ1n) is 7.02. The third-order valence-electron chi connectivity index (χ3n) is 4.62. The van der Waals surface area contributed by atoms with Gasteiger partial charge in [0.15, 0.2) is 0 Å². The fourth-order valence-corrected chi connectivity index (χ4v) is 3.96. The average Bonchev–Trinajstić information content (AvgIpc) is 2.15. The molecule has 1 heterocycles. The molecule has 0 atom stereocenters. The number of piperidine rings is 1. The average molecular weight is 224 g/mol. The highest BCUT2D eigenvalue weighted by Crippen LogP contribution is 2.50. The molecule has 2 nitrogen and oxygen atoms in total. The standard InChI is InChI=1S/C14H28N2/c1-11(2)16(12(3)4)13-9-14(10-13)5-7-15-8-6-14/h11-13,15H,5-10H2,1-4H3. The van der Waals surface area contributed by atoms with Crippen LogP contribution in [0.15, 0.2) is 0 Å². The molecule has 2 aliphatic rings. The van der Waals surface area contributed by atoms with Crippen LogP contribution in [0.4, 0.5) is 0 Å². The summed E-state index contributed by atoms with van der Waals surface area (Å²) < 4.78 is 0. The summed E-state index contributed by atoms with van der Waals surface area (Å²) in [6.45, 7) is 11.9. The van der Waals surface area contributed by atoms with Crippen LogP contribution in [0.1, 0.15) is 53.4 Å². The lowest BCUT2D eigenvalue weighted by Crippen LogP contribution is -2.57. The molecule has 2 fully saturated rings. The monoisotopic (exact) mass is 224 g/mol. The molecular formula is C14H28N2. The van der Waals surface area contributed by atoms with E-state index in [1.165, 1.54) is 38.8 Å². The first kappa shape index (κ1) is 12.4. The summed E-state index contributed by atoms with van der Waals surface area (Å²) >= 11 is 0. The van der Waals surface area contributed by atoms with E-state index in [-0.39, 0.29) is 0 Å². The fourth-order valence-electron chi connectivity index (χ4n) is 3.96. The van der Waals surface area contributed by atoms with E-state index in [1.54, 1.807) is 0 Å². The van der Waals surface area contributed by atoms with Gasteiger partial charge in [0.2, 0.25) is 0 Å². The van der Waals surface area contributed by atoms with Crippen LogP contribution in [0.3, 0.4) is 0 Å². The molecule has 1 N–H and O–H groups in total. The van der Waals surface area contributed by atoms with Crippen molar-refractivity contribution in [1.29, 1.82) is 0 Å². The summed E-state index contributed by atoms with van der Waals surface area (Å²) in [7, 11) is 0. The van der Waals surface area contributed by atoms with Crippen LogP contribution in [0, 0.1) is 5.41 Å². The molecule has 2 rings (SSSR count). The van der Waals surface area contributed by atoms with E-state index in [0.717, 1.165) is 11.5 Å². The predicted octanol–water partition coefficient (Wildman–Crippen LogP) is 2.64. The fraction of sp³-hybridized carbons (Fsp3) is 1.00. The van der Waals surface area contributed by atoms with Gasteiger partial charge in [-0.3, -0.25) is 4.90 Å². The van der Waals surface area contributed by atoms with E-state index in [9.17, 15) is 0 Å². The molecule has 94 valence electrons. The van der Waals surface area contributed by atoms with Gasteiger partial charge in [-0.05, 0) is 71.9 Å². The zero-order valence-corrected chi connectivity index (χ0v) is 11.4. The number of hydrogen-bond donors (Lipinski definition) is 1. The van der Waals surface area contributed by atoms with Gasteiger partial charge in [0.25, 0.3) is 0 Å². The topological polar surface area (TPSA) is 15.3 Å². The van der Waals surface area contributed by atoms with Gasteiger partial charge in [-0.25, -0.2) is 0 Å². The second-order valence-electron chi connectivity index (χ2n) is 6.45. The van der Waals surface area contributed by atoms with Gasteiger partial charge in [-0.2, -0.15) is 0 Å². The number of nitrogens with zero attached hydrogens (tertiary/aromatic N) is 1. The lowest BCUT2D eigenvalue weighted by atomic mass is 9.60. The normalized spacial score (nSPS) is 25.7. The van der Waals surface area contributed by atoms with E-state index in [4.69, 9.17) is 0 Å². The Morgan fingerprint density at radius 3 is 1.94 bits per heavy atom. The van der Waals surface area contributed by atoms with Crippen molar-refractivity contribution in [3.8, 4) is 0 Å². The molecule has 0 amide bonds. The highest BCUT2D eigenvalue weighted by molar-refractivity contribution is 5.01. The Morgan fingerprint density at radius 2 is 1.50 bits per heavy atom. The molecule has 0 aromatic carbocycles. The minimum atomic E-state index is 0.698. The van der Waals surface area contributed by atoms with E-state index < -0.39 is 0 Å². The second-order valence-corrected chi connectivity index (χ2v) is 6.45. The number of hydrogen-bond acceptors (Lipinski definition) is 2. The van der Waals surface area contributed by atoms with Gasteiger partial charge in [0.05, 0.1) is 0 Å². The predicted molar refractivity (Wildman–Crippen MR) is 69.7 cm³/mol. The Kier molecular flexibility index (Phi) is 3.60. The van der Waals surface area contributed by atoms with Crippen molar-refractivity contribution >= 4 is 0 Å². The summed E-state index contributed by atoms with van der Waals surface area (Å²) in [5, 5.41) is 3.48. The first-order chi connectivity index (χ1) is 7.54. The summed E-state index contributed by atoms with van der Waals surface area (Å²) in [4.78, 5) is 2.72. The van der Waals surface area contributed by atoms with Crippen molar-refractivity contribution in [2.24, 2.45) is 5.41 Å². The van der Waals surface area contributed by atoms with Gasteiger partial charge >= 0.3 is 0 Å². The largest absolute Gasteiger partial charge is 0.317 e. The minimum absolute atomic E-state index is 0.698. The molecule has 0 unspecified atom stereocenters. The molecule has 0 aromatic rings. The van der Waals surface area contributed by atoms with E-state index in [1.807, 2.05) is 0 Å². The maximum atomic E-state index is 3.48. The molecule has 0 bridgehead atoms. The summed E-state index contributed by atoms with van der Waals surface area (Å²) in [5.74, 6) is 0. The summed E-state index contributed by atoms with van der Waals surface area (Å²) in [5.41, 5.74) is 0.720.